The van der Waals surface area contributed by atoms with Crippen molar-refractivity contribution in [3.8, 4) is 5.75 Å². The van der Waals surface area contributed by atoms with Gasteiger partial charge in [0.15, 0.2) is 0 Å². The fraction of sp³-hybridized carbons (Fsp3) is 0.500. The van der Waals surface area contributed by atoms with Crippen LogP contribution in [0.4, 0.5) is 0 Å². The van der Waals surface area contributed by atoms with Crippen molar-refractivity contribution in [2.24, 2.45) is 5.92 Å². The third kappa shape index (κ3) is 5.07. The molecule has 6 heteroatoms. The van der Waals surface area contributed by atoms with Gasteiger partial charge in [0.05, 0.1) is 16.1 Å². The highest BCUT2D eigenvalue weighted by Crippen LogP contribution is 2.34. The van der Waals surface area contributed by atoms with Gasteiger partial charge in [0, 0.05) is 6.54 Å². The van der Waals surface area contributed by atoms with Crippen molar-refractivity contribution < 1.29 is 14.6 Å². The van der Waals surface area contributed by atoms with Crippen LogP contribution in [-0.4, -0.2) is 24.2 Å². The number of hydrogen-bond acceptors (Lipinski definition) is 3. The number of ether oxygens (including phenoxy) is 1. The number of carbonyl (C=O) groups is 1. The van der Waals surface area contributed by atoms with E-state index in [2.05, 4.69) is 37.2 Å². The van der Waals surface area contributed by atoms with Crippen molar-refractivity contribution in [2.75, 3.05) is 7.11 Å². The van der Waals surface area contributed by atoms with Gasteiger partial charge in [-0.25, -0.2) is 0 Å². The average molecular weight is 409 g/mol. The summed E-state index contributed by atoms with van der Waals surface area (Å²) in [6, 6.07) is 3.31. The van der Waals surface area contributed by atoms with E-state index in [-0.39, 0.29) is 0 Å². The Hall–Kier alpha value is -0.590. The number of nitrogens with one attached hydrogen (secondary N) is 1. The zero-order valence-electron chi connectivity index (χ0n) is 11.7. The van der Waals surface area contributed by atoms with Crippen LogP contribution in [0.3, 0.4) is 0 Å². The van der Waals surface area contributed by atoms with E-state index in [9.17, 15) is 9.90 Å². The van der Waals surface area contributed by atoms with E-state index in [0.717, 1.165) is 20.3 Å². The third-order valence-corrected chi connectivity index (χ3v) is 4.00. The van der Waals surface area contributed by atoms with Crippen LogP contribution in [0.2, 0.25) is 0 Å². The molecule has 112 valence electrons. The molecule has 20 heavy (non-hydrogen) atoms. The van der Waals surface area contributed by atoms with Crippen LogP contribution in [-0.2, 0) is 11.3 Å². The molecule has 0 heterocycles. The lowest BCUT2D eigenvalue weighted by atomic mass is 10.0. The molecule has 0 saturated carbocycles. The Balaban J connectivity index is 2.76. The van der Waals surface area contributed by atoms with Gasteiger partial charge in [-0.05, 0) is 61.9 Å². The van der Waals surface area contributed by atoms with Crippen molar-refractivity contribution in [3.05, 3.63) is 26.6 Å². The zero-order valence-corrected chi connectivity index (χ0v) is 14.9. The first-order valence-electron chi connectivity index (χ1n) is 6.33. The molecule has 0 aliphatic rings. The summed E-state index contributed by atoms with van der Waals surface area (Å²) in [5, 5.41) is 12.3. The first-order valence-corrected chi connectivity index (χ1v) is 7.91. The van der Waals surface area contributed by atoms with Crippen LogP contribution >= 0.6 is 31.9 Å². The molecule has 0 aliphatic heterocycles. The Morgan fingerprint density at radius 1 is 1.35 bits per heavy atom. The number of rotatable bonds is 7. The first-order chi connectivity index (χ1) is 9.35. The average Bonchev–Trinajstić information content (AvgIpc) is 2.33. The highest BCUT2D eigenvalue weighted by molar-refractivity contribution is 9.11. The molecule has 0 saturated heterocycles. The number of carboxylic acid groups (broad SMARTS) is 1. The molecule has 1 aromatic rings. The maximum absolute atomic E-state index is 11.2. The second-order valence-electron chi connectivity index (χ2n) is 4.99. The molecule has 1 unspecified atom stereocenters. The number of benzene rings is 1. The monoisotopic (exact) mass is 407 g/mol. The predicted octanol–water partition coefficient (Wildman–Crippen LogP) is 3.81. The van der Waals surface area contributed by atoms with Crippen LogP contribution in [0, 0.1) is 5.92 Å². The maximum Gasteiger partial charge on any atom is 0.320 e. The van der Waals surface area contributed by atoms with Crippen LogP contribution in [0.25, 0.3) is 0 Å². The highest BCUT2D eigenvalue weighted by atomic mass is 79.9. The number of aliphatic carboxylic acids is 1. The molecule has 0 fully saturated rings. The van der Waals surface area contributed by atoms with Gasteiger partial charge in [0.2, 0.25) is 0 Å². The van der Waals surface area contributed by atoms with Gasteiger partial charge in [-0.3, -0.25) is 4.79 Å². The minimum atomic E-state index is -0.814. The minimum absolute atomic E-state index is 0.331. The molecule has 1 atom stereocenters. The molecular weight excluding hydrogens is 390 g/mol. The van der Waals surface area contributed by atoms with Gasteiger partial charge < -0.3 is 15.2 Å². The van der Waals surface area contributed by atoms with Gasteiger partial charge in [-0.1, -0.05) is 13.8 Å². The topological polar surface area (TPSA) is 58.6 Å². The Morgan fingerprint density at radius 3 is 2.30 bits per heavy atom. The van der Waals surface area contributed by atoms with Crippen molar-refractivity contribution >= 4 is 37.8 Å². The lowest BCUT2D eigenvalue weighted by molar-refractivity contribution is -0.140. The Labute approximate surface area is 136 Å². The van der Waals surface area contributed by atoms with Crippen LogP contribution in [0.1, 0.15) is 25.8 Å². The summed E-state index contributed by atoms with van der Waals surface area (Å²) in [6.07, 6.45) is 0.605. The number of halogens is 2. The van der Waals surface area contributed by atoms with E-state index in [0.29, 0.717) is 18.9 Å². The van der Waals surface area contributed by atoms with Gasteiger partial charge in [0.1, 0.15) is 11.8 Å². The molecule has 0 spiro atoms. The first kappa shape index (κ1) is 17.5. The van der Waals surface area contributed by atoms with E-state index < -0.39 is 12.0 Å². The fourth-order valence-corrected chi connectivity index (χ4v) is 3.50. The van der Waals surface area contributed by atoms with Crippen LogP contribution < -0.4 is 10.1 Å². The second-order valence-corrected chi connectivity index (χ2v) is 6.70. The molecule has 4 nitrogen and oxygen atoms in total. The van der Waals surface area contributed by atoms with Gasteiger partial charge in [-0.2, -0.15) is 0 Å². The van der Waals surface area contributed by atoms with Crippen molar-refractivity contribution in [1.29, 1.82) is 0 Å². The summed E-state index contributed by atoms with van der Waals surface area (Å²) in [7, 11) is 1.60. The second kappa shape index (κ2) is 8.00. The van der Waals surface area contributed by atoms with Crippen molar-refractivity contribution in [1.82, 2.24) is 5.32 Å². The molecule has 0 aliphatic carbocycles. The normalized spacial score (nSPS) is 12.5. The summed E-state index contributed by atoms with van der Waals surface area (Å²) in [6.45, 7) is 4.52. The van der Waals surface area contributed by atoms with Gasteiger partial charge in [-0.15, -0.1) is 0 Å². The maximum atomic E-state index is 11.2. The van der Waals surface area contributed by atoms with E-state index in [4.69, 9.17) is 4.74 Å². The summed E-state index contributed by atoms with van der Waals surface area (Å²) >= 11 is 6.87. The molecule has 0 aromatic heterocycles. The summed E-state index contributed by atoms with van der Waals surface area (Å²) in [5.74, 6) is 0.244. The lowest BCUT2D eigenvalue weighted by Crippen LogP contribution is -2.37. The number of carboxylic acids is 1. The minimum Gasteiger partial charge on any atom is -0.494 e. The van der Waals surface area contributed by atoms with Gasteiger partial charge >= 0.3 is 5.97 Å². The summed E-state index contributed by atoms with van der Waals surface area (Å²) in [5.41, 5.74) is 0.986. The smallest absolute Gasteiger partial charge is 0.320 e. The third-order valence-electron chi connectivity index (χ3n) is 2.82. The SMILES string of the molecule is COc1c(Br)cc(CNC(CC(C)C)C(=O)O)cc1Br. The Morgan fingerprint density at radius 2 is 1.90 bits per heavy atom. The standard InChI is InChI=1S/C14H19Br2NO3/c1-8(2)4-12(14(18)19)17-7-9-5-10(15)13(20-3)11(16)6-9/h5-6,8,12,17H,4,7H2,1-3H3,(H,18,19). The van der Waals surface area contributed by atoms with Gasteiger partial charge in [0.25, 0.3) is 0 Å². The number of methoxy groups -OCH3 is 1. The predicted molar refractivity (Wildman–Crippen MR) is 86.1 cm³/mol. The molecule has 0 bridgehead atoms. The molecule has 2 N–H and O–H groups in total. The Kier molecular flexibility index (Phi) is 6.99. The van der Waals surface area contributed by atoms with Crippen LogP contribution in [0.15, 0.2) is 21.1 Å². The largest absolute Gasteiger partial charge is 0.494 e. The van der Waals surface area contributed by atoms with E-state index in [1.165, 1.54) is 0 Å². The fourth-order valence-electron chi connectivity index (χ4n) is 1.89. The zero-order chi connectivity index (χ0) is 15.3. The summed E-state index contributed by atoms with van der Waals surface area (Å²) in [4.78, 5) is 11.2. The molecule has 1 rings (SSSR count). The van der Waals surface area contributed by atoms with E-state index in [1.54, 1.807) is 7.11 Å². The van der Waals surface area contributed by atoms with Crippen LogP contribution in [0.5, 0.6) is 5.75 Å². The van der Waals surface area contributed by atoms with E-state index in [1.807, 2.05) is 26.0 Å². The van der Waals surface area contributed by atoms with Crippen molar-refractivity contribution in [2.45, 2.75) is 32.9 Å². The molecule has 0 radical (unpaired) electrons. The lowest BCUT2D eigenvalue weighted by Gasteiger charge is -2.17. The molecule has 1 aromatic carbocycles. The van der Waals surface area contributed by atoms with Crippen molar-refractivity contribution in [3.63, 3.8) is 0 Å². The number of hydrogen-bond donors (Lipinski definition) is 2. The molecular formula is C14H19Br2NO3. The highest BCUT2D eigenvalue weighted by Gasteiger charge is 2.18. The quantitative estimate of drug-likeness (QED) is 0.720. The molecule has 0 amide bonds. The van der Waals surface area contributed by atoms with E-state index >= 15 is 0 Å². The summed E-state index contributed by atoms with van der Waals surface area (Å²) < 4.78 is 6.91. The Bertz CT molecular complexity index is 454.